The van der Waals surface area contributed by atoms with E-state index in [1.165, 1.54) is 19.3 Å². The van der Waals surface area contributed by atoms with Gasteiger partial charge >= 0.3 is 6.03 Å². The van der Waals surface area contributed by atoms with Gasteiger partial charge in [-0.15, -0.1) is 6.58 Å². The highest BCUT2D eigenvalue weighted by Gasteiger charge is 2.37. The van der Waals surface area contributed by atoms with Crippen LogP contribution in [-0.4, -0.2) is 25.0 Å². The molecule has 0 unspecified atom stereocenters. The molecule has 0 atom stereocenters. The van der Waals surface area contributed by atoms with E-state index in [0.29, 0.717) is 30.1 Å². The van der Waals surface area contributed by atoms with E-state index in [9.17, 15) is 14.4 Å². The Labute approximate surface area is 213 Å². The normalized spacial score (nSPS) is 14.6. The smallest absolute Gasteiger partial charge is 0.335 e. The van der Waals surface area contributed by atoms with Crippen molar-refractivity contribution in [2.75, 3.05) is 12.0 Å². The number of carbonyl (C=O) groups is 3. The number of hydrogen-bond acceptors (Lipinski definition) is 5. The monoisotopic (exact) mass is 502 g/mol. The zero-order valence-electron chi connectivity index (χ0n) is 19.5. The quantitative estimate of drug-likeness (QED) is 0.256. The molecule has 0 saturated carbocycles. The maximum atomic E-state index is 13.2. The first-order valence-electron chi connectivity index (χ1n) is 11.1. The number of benzene rings is 3. The standard InChI is InChI=1S/C28H23ClN2O5/c1-3-9-20-14-19(16-24(35-2)25(20)36-17-18-10-5-4-6-11-18)15-21-26(32)30-28(34)31(27(21)33)23-13-8-7-12-22(23)29/h3-8,10-16H,1,9,17H2,2H3,(H,30,32,34)/b21-15+. The largest absolute Gasteiger partial charge is 0.493 e. The van der Waals surface area contributed by atoms with Crippen molar-refractivity contribution in [1.29, 1.82) is 0 Å². The summed E-state index contributed by atoms with van der Waals surface area (Å²) >= 11 is 6.20. The van der Waals surface area contributed by atoms with E-state index in [1.807, 2.05) is 30.3 Å². The molecule has 1 heterocycles. The number of rotatable bonds is 8. The van der Waals surface area contributed by atoms with Gasteiger partial charge < -0.3 is 9.47 Å². The van der Waals surface area contributed by atoms with E-state index in [4.69, 9.17) is 21.1 Å². The van der Waals surface area contributed by atoms with Crippen molar-refractivity contribution in [2.45, 2.75) is 13.0 Å². The van der Waals surface area contributed by atoms with E-state index in [0.717, 1.165) is 16.0 Å². The number of amides is 4. The molecule has 0 spiro atoms. The molecular formula is C28H23ClN2O5. The summed E-state index contributed by atoms with van der Waals surface area (Å²) in [6, 6.07) is 18.7. The van der Waals surface area contributed by atoms with Crippen LogP contribution in [-0.2, 0) is 22.6 Å². The summed E-state index contributed by atoms with van der Waals surface area (Å²) in [5.41, 5.74) is 2.22. The van der Waals surface area contributed by atoms with Crippen LogP contribution < -0.4 is 19.7 Å². The van der Waals surface area contributed by atoms with Crippen LogP contribution in [0.4, 0.5) is 10.5 Å². The van der Waals surface area contributed by atoms with Crippen molar-refractivity contribution in [3.63, 3.8) is 0 Å². The number of carbonyl (C=O) groups excluding carboxylic acids is 3. The summed E-state index contributed by atoms with van der Waals surface area (Å²) < 4.78 is 11.7. The highest BCUT2D eigenvalue weighted by molar-refractivity contribution is 6.42. The molecule has 3 aromatic rings. The molecule has 0 aliphatic carbocycles. The third-order valence-electron chi connectivity index (χ3n) is 5.47. The first-order valence-corrected chi connectivity index (χ1v) is 11.4. The fraction of sp³-hybridized carbons (Fsp3) is 0.107. The number of nitrogens with one attached hydrogen (secondary N) is 1. The molecular weight excluding hydrogens is 480 g/mol. The number of allylic oxidation sites excluding steroid dienone is 1. The highest BCUT2D eigenvalue weighted by Crippen LogP contribution is 2.36. The van der Waals surface area contributed by atoms with E-state index in [-0.39, 0.29) is 16.3 Å². The van der Waals surface area contributed by atoms with Crippen LogP contribution in [0.5, 0.6) is 11.5 Å². The third kappa shape index (κ3) is 5.16. The molecule has 0 aromatic heterocycles. The third-order valence-corrected chi connectivity index (χ3v) is 5.79. The Morgan fingerprint density at radius 3 is 2.44 bits per heavy atom. The lowest BCUT2D eigenvalue weighted by molar-refractivity contribution is -0.122. The van der Waals surface area contributed by atoms with Gasteiger partial charge in [0.1, 0.15) is 12.2 Å². The van der Waals surface area contributed by atoms with Gasteiger partial charge in [0, 0.05) is 5.56 Å². The van der Waals surface area contributed by atoms with Crippen LogP contribution in [0.15, 0.2) is 85.0 Å². The molecule has 3 aromatic carbocycles. The molecule has 1 aliphatic heterocycles. The summed E-state index contributed by atoms with van der Waals surface area (Å²) in [5.74, 6) is -0.622. The van der Waals surface area contributed by atoms with Gasteiger partial charge in [-0.1, -0.05) is 60.1 Å². The maximum Gasteiger partial charge on any atom is 0.335 e. The number of hydrogen-bond donors (Lipinski definition) is 1. The van der Waals surface area contributed by atoms with E-state index in [2.05, 4.69) is 11.9 Å². The minimum absolute atomic E-state index is 0.176. The fourth-order valence-corrected chi connectivity index (χ4v) is 4.02. The number of anilines is 1. The Morgan fingerprint density at radius 1 is 1.03 bits per heavy atom. The molecule has 8 heteroatoms. The number of ether oxygens (including phenoxy) is 2. The molecule has 4 rings (SSSR count). The summed E-state index contributed by atoms with van der Waals surface area (Å²) in [5, 5.41) is 2.40. The van der Waals surface area contributed by atoms with Gasteiger partial charge in [-0.25, -0.2) is 9.69 Å². The Hall–Kier alpha value is -4.36. The summed E-state index contributed by atoms with van der Waals surface area (Å²) in [6.07, 6.45) is 3.59. The first-order chi connectivity index (χ1) is 17.4. The first kappa shape index (κ1) is 24.8. The fourth-order valence-electron chi connectivity index (χ4n) is 3.80. The van der Waals surface area contributed by atoms with Crippen LogP contribution in [0, 0.1) is 0 Å². The van der Waals surface area contributed by atoms with E-state index in [1.54, 1.807) is 36.4 Å². The molecule has 1 fully saturated rings. The SMILES string of the molecule is C=CCc1cc(/C=C2\C(=O)NC(=O)N(c3ccccc3Cl)C2=O)cc(OC)c1OCc1ccccc1. The number of nitrogens with zero attached hydrogens (tertiary/aromatic N) is 1. The molecule has 1 N–H and O–H groups in total. The van der Waals surface area contributed by atoms with Gasteiger partial charge in [0.05, 0.1) is 17.8 Å². The topological polar surface area (TPSA) is 84.9 Å². The number of para-hydroxylation sites is 1. The highest BCUT2D eigenvalue weighted by atomic mass is 35.5. The number of urea groups is 1. The van der Waals surface area contributed by atoms with Crippen LogP contribution in [0.25, 0.3) is 6.08 Å². The predicted octanol–water partition coefficient (Wildman–Crippen LogP) is 5.32. The van der Waals surface area contributed by atoms with Gasteiger partial charge in [0.15, 0.2) is 11.5 Å². The Bertz CT molecular complexity index is 1370. The zero-order chi connectivity index (χ0) is 25.7. The molecule has 182 valence electrons. The lowest BCUT2D eigenvalue weighted by Crippen LogP contribution is -2.54. The molecule has 36 heavy (non-hydrogen) atoms. The maximum absolute atomic E-state index is 13.2. The van der Waals surface area contributed by atoms with Gasteiger partial charge in [-0.3, -0.25) is 14.9 Å². The van der Waals surface area contributed by atoms with Crippen LogP contribution in [0.1, 0.15) is 16.7 Å². The Kier molecular flexibility index (Phi) is 7.51. The van der Waals surface area contributed by atoms with Crippen LogP contribution in [0.3, 0.4) is 0 Å². The van der Waals surface area contributed by atoms with Gasteiger partial charge in [-0.05, 0) is 47.9 Å². The average Bonchev–Trinajstić information content (AvgIpc) is 2.87. The summed E-state index contributed by atoms with van der Waals surface area (Å²) in [4.78, 5) is 39.2. The van der Waals surface area contributed by atoms with Crippen molar-refractivity contribution in [3.05, 3.63) is 107 Å². The molecule has 0 bridgehead atoms. The molecule has 4 amide bonds. The van der Waals surface area contributed by atoms with Crippen molar-refractivity contribution in [3.8, 4) is 11.5 Å². The molecule has 1 aliphatic rings. The number of barbiturate groups is 1. The second-order valence-corrected chi connectivity index (χ2v) is 8.29. The number of methoxy groups -OCH3 is 1. The summed E-state index contributed by atoms with van der Waals surface area (Å²) in [7, 11) is 1.51. The van der Waals surface area contributed by atoms with E-state index >= 15 is 0 Å². The van der Waals surface area contributed by atoms with Crippen molar-refractivity contribution in [1.82, 2.24) is 5.32 Å². The Balaban J connectivity index is 1.72. The minimum atomic E-state index is -0.871. The average molecular weight is 503 g/mol. The van der Waals surface area contributed by atoms with Gasteiger partial charge in [0.25, 0.3) is 11.8 Å². The number of halogens is 1. The van der Waals surface area contributed by atoms with Crippen molar-refractivity contribution in [2.24, 2.45) is 0 Å². The zero-order valence-corrected chi connectivity index (χ0v) is 20.2. The predicted molar refractivity (Wildman–Crippen MR) is 138 cm³/mol. The van der Waals surface area contributed by atoms with Crippen LogP contribution in [0.2, 0.25) is 5.02 Å². The number of imide groups is 2. The molecule has 1 saturated heterocycles. The van der Waals surface area contributed by atoms with Crippen molar-refractivity contribution >= 4 is 41.2 Å². The summed E-state index contributed by atoms with van der Waals surface area (Å²) in [6.45, 7) is 4.14. The van der Waals surface area contributed by atoms with Crippen LogP contribution >= 0.6 is 11.6 Å². The molecule has 7 nitrogen and oxygen atoms in total. The molecule has 0 radical (unpaired) electrons. The van der Waals surface area contributed by atoms with E-state index < -0.39 is 17.8 Å². The Morgan fingerprint density at radius 2 is 1.75 bits per heavy atom. The van der Waals surface area contributed by atoms with Gasteiger partial charge in [0.2, 0.25) is 0 Å². The minimum Gasteiger partial charge on any atom is -0.493 e. The lowest BCUT2D eigenvalue weighted by atomic mass is 10.0. The lowest BCUT2D eigenvalue weighted by Gasteiger charge is -2.27. The van der Waals surface area contributed by atoms with Crippen molar-refractivity contribution < 1.29 is 23.9 Å². The second kappa shape index (κ2) is 10.9. The van der Waals surface area contributed by atoms with Gasteiger partial charge in [-0.2, -0.15) is 0 Å². The second-order valence-electron chi connectivity index (χ2n) is 7.89.